The van der Waals surface area contributed by atoms with E-state index in [1.807, 2.05) is 20.8 Å². The quantitative estimate of drug-likeness (QED) is 0.718. The monoisotopic (exact) mass is 435 g/mol. The molecule has 0 saturated heterocycles. The first kappa shape index (κ1) is 22.5. The zero-order valence-corrected chi connectivity index (χ0v) is 17.6. The van der Waals surface area contributed by atoms with Crippen molar-refractivity contribution >= 4 is 23.3 Å². The predicted octanol–water partition coefficient (Wildman–Crippen LogP) is 4.94. The summed E-state index contributed by atoms with van der Waals surface area (Å²) in [5.74, 6) is -0.0104. The van der Waals surface area contributed by atoms with Gasteiger partial charge in [0.25, 0.3) is 5.91 Å². The van der Waals surface area contributed by atoms with E-state index in [4.69, 9.17) is 4.74 Å². The molecule has 31 heavy (non-hydrogen) atoms. The molecule has 3 rings (SSSR count). The predicted molar refractivity (Wildman–Crippen MR) is 111 cm³/mol. The number of nitrogens with zero attached hydrogens (tertiary/aromatic N) is 1. The first-order valence-corrected chi connectivity index (χ1v) is 9.71. The summed E-state index contributed by atoms with van der Waals surface area (Å²) in [6.07, 6.45) is -5.29. The SMILES string of the molecule is C[C@@H]1Oc2cc(NC(=O)NC(C)(C)C)ccc2N(Cc2cccc(C(F)(F)F)c2)C1=O. The fourth-order valence-electron chi connectivity index (χ4n) is 3.18. The molecule has 2 N–H and O–H groups in total. The van der Waals surface area contributed by atoms with Crippen LogP contribution in [0.15, 0.2) is 42.5 Å². The Hall–Kier alpha value is -3.23. The molecule has 166 valence electrons. The minimum atomic E-state index is -4.47. The van der Waals surface area contributed by atoms with Crippen molar-refractivity contribution in [3.63, 3.8) is 0 Å². The lowest BCUT2D eigenvalue weighted by Crippen LogP contribution is -2.44. The van der Waals surface area contributed by atoms with Gasteiger partial charge in [-0.2, -0.15) is 13.2 Å². The van der Waals surface area contributed by atoms with Crippen LogP contribution in [0, 0.1) is 0 Å². The van der Waals surface area contributed by atoms with E-state index in [-0.39, 0.29) is 12.5 Å². The third-order valence-corrected chi connectivity index (χ3v) is 4.51. The Morgan fingerprint density at radius 1 is 1.13 bits per heavy atom. The van der Waals surface area contributed by atoms with E-state index in [2.05, 4.69) is 10.6 Å². The number of urea groups is 1. The van der Waals surface area contributed by atoms with Crippen LogP contribution in [-0.4, -0.2) is 23.6 Å². The molecule has 6 nitrogen and oxygen atoms in total. The Bertz CT molecular complexity index is 999. The number of alkyl halides is 3. The van der Waals surface area contributed by atoms with Crippen LogP contribution in [0.3, 0.4) is 0 Å². The van der Waals surface area contributed by atoms with Gasteiger partial charge < -0.3 is 20.3 Å². The molecule has 0 bridgehead atoms. The molecule has 3 amide bonds. The number of ether oxygens (including phenoxy) is 1. The Morgan fingerprint density at radius 2 is 1.84 bits per heavy atom. The maximum absolute atomic E-state index is 13.0. The lowest BCUT2D eigenvalue weighted by molar-refractivity contribution is -0.137. The van der Waals surface area contributed by atoms with Gasteiger partial charge >= 0.3 is 12.2 Å². The molecular weight excluding hydrogens is 411 g/mol. The summed E-state index contributed by atoms with van der Waals surface area (Å²) < 4.78 is 44.8. The van der Waals surface area contributed by atoms with Gasteiger partial charge in [-0.15, -0.1) is 0 Å². The number of nitrogens with one attached hydrogen (secondary N) is 2. The van der Waals surface area contributed by atoms with E-state index in [1.165, 1.54) is 17.0 Å². The van der Waals surface area contributed by atoms with Gasteiger partial charge in [0.15, 0.2) is 6.10 Å². The van der Waals surface area contributed by atoms with Crippen molar-refractivity contribution < 1.29 is 27.5 Å². The van der Waals surface area contributed by atoms with Gasteiger partial charge in [0, 0.05) is 17.3 Å². The number of rotatable bonds is 3. The maximum atomic E-state index is 13.0. The van der Waals surface area contributed by atoms with Crippen molar-refractivity contribution in [2.45, 2.75) is 52.1 Å². The van der Waals surface area contributed by atoms with Crippen molar-refractivity contribution in [3.8, 4) is 5.75 Å². The summed E-state index contributed by atoms with van der Waals surface area (Å²) in [5, 5.41) is 5.48. The molecule has 0 aliphatic carbocycles. The van der Waals surface area contributed by atoms with E-state index in [0.29, 0.717) is 22.7 Å². The van der Waals surface area contributed by atoms with Crippen LogP contribution >= 0.6 is 0 Å². The first-order valence-electron chi connectivity index (χ1n) is 9.71. The molecule has 2 aromatic carbocycles. The molecule has 0 radical (unpaired) electrons. The minimum Gasteiger partial charge on any atom is -0.479 e. The fourth-order valence-corrected chi connectivity index (χ4v) is 3.18. The third kappa shape index (κ3) is 5.48. The Kier molecular flexibility index (Phi) is 5.89. The molecule has 0 saturated carbocycles. The Balaban J connectivity index is 1.86. The van der Waals surface area contributed by atoms with Gasteiger partial charge in [-0.1, -0.05) is 12.1 Å². The topological polar surface area (TPSA) is 70.7 Å². The van der Waals surface area contributed by atoms with Crippen LogP contribution in [0.1, 0.15) is 38.8 Å². The van der Waals surface area contributed by atoms with E-state index in [9.17, 15) is 22.8 Å². The van der Waals surface area contributed by atoms with Crippen LogP contribution in [0.2, 0.25) is 0 Å². The average molecular weight is 435 g/mol. The summed E-state index contributed by atoms with van der Waals surface area (Å²) in [6, 6.07) is 9.25. The number of amides is 3. The fraction of sp³-hybridized carbons (Fsp3) is 0.364. The van der Waals surface area contributed by atoms with Gasteiger partial charge in [-0.25, -0.2) is 4.79 Å². The lowest BCUT2D eigenvalue weighted by atomic mass is 10.1. The molecule has 1 heterocycles. The number of benzene rings is 2. The van der Waals surface area contributed by atoms with Crippen LogP contribution in [0.4, 0.5) is 29.3 Å². The van der Waals surface area contributed by atoms with Gasteiger partial charge in [-0.05, 0) is 57.5 Å². The number of hydrogen-bond acceptors (Lipinski definition) is 3. The maximum Gasteiger partial charge on any atom is 0.416 e. The van der Waals surface area contributed by atoms with Gasteiger partial charge in [-0.3, -0.25) is 4.79 Å². The normalized spacial score (nSPS) is 16.4. The van der Waals surface area contributed by atoms with Gasteiger partial charge in [0.1, 0.15) is 5.75 Å². The molecule has 1 aliphatic heterocycles. The van der Waals surface area contributed by atoms with Crippen molar-refractivity contribution in [3.05, 3.63) is 53.6 Å². The number of carbonyl (C=O) groups excluding carboxylic acids is 2. The number of carbonyl (C=O) groups is 2. The summed E-state index contributed by atoms with van der Waals surface area (Å²) in [6.45, 7) is 7.07. The average Bonchev–Trinajstić information content (AvgIpc) is 2.63. The van der Waals surface area contributed by atoms with Crippen LogP contribution in [-0.2, 0) is 17.5 Å². The largest absolute Gasteiger partial charge is 0.479 e. The zero-order valence-electron chi connectivity index (χ0n) is 17.6. The van der Waals surface area contributed by atoms with E-state index in [1.54, 1.807) is 25.1 Å². The Labute approximate surface area is 178 Å². The van der Waals surface area contributed by atoms with Gasteiger partial charge in [0.2, 0.25) is 0 Å². The summed E-state index contributed by atoms with van der Waals surface area (Å²) in [4.78, 5) is 26.2. The first-order chi connectivity index (χ1) is 14.3. The molecule has 9 heteroatoms. The van der Waals surface area contributed by atoms with Crippen LogP contribution in [0.25, 0.3) is 0 Å². The van der Waals surface area contributed by atoms with Crippen molar-refractivity contribution in [1.29, 1.82) is 0 Å². The highest BCUT2D eigenvalue weighted by Gasteiger charge is 2.33. The number of fused-ring (bicyclic) bond motifs is 1. The molecule has 0 spiro atoms. The van der Waals surface area contributed by atoms with Crippen molar-refractivity contribution in [2.24, 2.45) is 0 Å². The molecule has 2 aromatic rings. The second-order valence-corrected chi connectivity index (χ2v) is 8.39. The van der Waals surface area contributed by atoms with Crippen molar-refractivity contribution in [1.82, 2.24) is 5.32 Å². The summed E-state index contributed by atoms with van der Waals surface area (Å²) in [5.41, 5.74) is 0.0269. The second-order valence-electron chi connectivity index (χ2n) is 8.39. The minimum absolute atomic E-state index is 0.0409. The summed E-state index contributed by atoms with van der Waals surface area (Å²) in [7, 11) is 0. The molecule has 0 unspecified atom stereocenters. The standard InChI is InChI=1S/C22H24F3N3O3/c1-13-19(29)28(12-14-6-5-7-15(10-14)22(23,24)25)17-9-8-16(11-18(17)31-13)26-20(30)27-21(2,3)4/h5-11,13H,12H2,1-4H3,(H2,26,27,30)/t13-/m0/s1. The zero-order chi connectivity index (χ0) is 23.0. The summed E-state index contributed by atoms with van der Waals surface area (Å²) >= 11 is 0. The molecule has 1 aliphatic rings. The highest BCUT2D eigenvalue weighted by molar-refractivity contribution is 6.00. The molecule has 0 aromatic heterocycles. The molecular formula is C22H24F3N3O3. The number of anilines is 2. The Morgan fingerprint density at radius 3 is 2.48 bits per heavy atom. The molecule has 1 atom stereocenters. The van der Waals surface area contributed by atoms with Crippen LogP contribution in [0.5, 0.6) is 5.75 Å². The van der Waals surface area contributed by atoms with E-state index < -0.39 is 29.4 Å². The number of hydrogen-bond donors (Lipinski definition) is 2. The van der Waals surface area contributed by atoms with E-state index in [0.717, 1.165) is 12.1 Å². The highest BCUT2D eigenvalue weighted by atomic mass is 19.4. The smallest absolute Gasteiger partial charge is 0.416 e. The molecule has 0 fully saturated rings. The van der Waals surface area contributed by atoms with Crippen molar-refractivity contribution in [2.75, 3.05) is 10.2 Å². The third-order valence-electron chi connectivity index (χ3n) is 4.51. The van der Waals surface area contributed by atoms with E-state index >= 15 is 0 Å². The number of halogens is 3. The lowest BCUT2D eigenvalue weighted by Gasteiger charge is -2.33. The second kappa shape index (κ2) is 8.13. The highest BCUT2D eigenvalue weighted by Crippen LogP contribution is 2.38. The van der Waals surface area contributed by atoms with Gasteiger partial charge in [0.05, 0.1) is 17.8 Å². The van der Waals surface area contributed by atoms with Crippen LogP contribution < -0.4 is 20.3 Å².